The van der Waals surface area contributed by atoms with Crippen LogP contribution in [0.25, 0.3) is 0 Å². The quantitative estimate of drug-likeness (QED) is 0.0222. The standard InChI is InChI=1S/C73H142O17P2/c1-9-66(8)52-44-36-28-21-23-31-40-48-56-73(78)90-69(60-84-71(76)54-46-38-32-24-27-35-43-51-65(6)7)62-88-92(81,82)86-58-67(74)57-85-91(79,80)87-61-68(59-83-70(75)53-45-37-29-22-20-26-34-42-50-64(4)5)89-72(77)55-47-39-30-19-17-15-13-11-10-12-14-16-18-25-33-41-49-63(2)3/h63-69,74H,9-62H2,1-8H3,(H,79,80)(H,81,82)/t66?,67?,68-,69-/m1/s1. The van der Waals surface area contributed by atoms with Gasteiger partial charge in [0.1, 0.15) is 19.3 Å². The van der Waals surface area contributed by atoms with Gasteiger partial charge in [-0.15, -0.1) is 0 Å². The Labute approximate surface area is 562 Å². The highest BCUT2D eigenvalue weighted by atomic mass is 31.2. The number of hydrogen-bond donors (Lipinski definition) is 3. The Bertz CT molecular complexity index is 1820. The molecule has 0 saturated carbocycles. The maximum absolute atomic E-state index is 13.0. The largest absolute Gasteiger partial charge is 0.472 e. The molecule has 0 aliphatic carbocycles. The van der Waals surface area contributed by atoms with E-state index in [0.29, 0.717) is 31.6 Å². The van der Waals surface area contributed by atoms with Crippen molar-refractivity contribution in [2.75, 3.05) is 39.6 Å². The molecule has 0 aromatic rings. The van der Waals surface area contributed by atoms with Gasteiger partial charge in [0.25, 0.3) is 0 Å². The van der Waals surface area contributed by atoms with Crippen LogP contribution in [0.3, 0.4) is 0 Å². The number of unbranched alkanes of at least 4 members (excludes halogenated alkanes) is 35. The number of hydrogen-bond acceptors (Lipinski definition) is 15. The average Bonchev–Trinajstić information content (AvgIpc) is 1.88. The zero-order valence-electron chi connectivity index (χ0n) is 60.2. The predicted molar refractivity (Wildman–Crippen MR) is 372 cm³/mol. The molecule has 0 aromatic carbocycles. The topological polar surface area (TPSA) is 237 Å². The molecular weight excluding hydrogens is 1210 g/mol. The highest BCUT2D eigenvalue weighted by molar-refractivity contribution is 7.47. The summed E-state index contributed by atoms with van der Waals surface area (Å²) in [4.78, 5) is 72.6. The molecule has 0 spiro atoms. The highest BCUT2D eigenvalue weighted by Crippen LogP contribution is 2.45. The van der Waals surface area contributed by atoms with Crippen molar-refractivity contribution in [2.45, 2.75) is 382 Å². The van der Waals surface area contributed by atoms with E-state index in [0.717, 1.165) is 114 Å². The molecule has 0 rings (SSSR count). The number of carbonyl (C=O) groups excluding carboxylic acids is 4. The van der Waals surface area contributed by atoms with Crippen molar-refractivity contribution >= 4 is 39.5 Å². The fraction of sp³-hybridized carbons (Fsp3) is 0.945. The van der Waals surface area contributed by atoms with Crippen LogP contribution in [0, 0.1) is 23.7 Å². The van der Waals surface area contributed by atoms with Crippen LogP contribution in [0.4, 0.5) is 0 Å². The van der Waals surface area contributed by atoms with E-state index in [-0.39, 0.29) is 25.7 Å². The third-order valence-corrected chi connectivity index (χ3v) is 19.1. The van der Waals surface area contributed by atoms with E-state index >= 15 is 0 Å². The summed E-state index contributed by atoms with van der Waals surface area (Å²) in [7, 11) is -9.91. The van der Waals surface area contributed by atoms with Crippen molar-refractivity contribution in [2.24, 2.45) is 23.7 Å². The summed E-state index contributed by atoms with van der Waals surface area (Å²) in [5.41, 5.74) is 0. The van der Waals surface area contributed by atoms with Crippen LogP contribution in [0.15, 0.2) is 0 Å². The monoisotopic (exact) mass is 1350 g/mol. The van der Waals surface area contributed by atoms with Gasteiger partial charge >= 0.3 is 39.5 Å². The Morgan fingerprint density at radius 2 is 0.522 bits per heavy atom. The molecule has 0 radical (unpaired) electrons. The minimum atomic E-state index is -4.95. The van der Waals surface area contributed by atoms with Crippen LogP contribution in [0.2, 0.25) is 0 Å². The molecule has 0 aliphatic heterocycles. The van der Waals surface area contributed by atoms with Gasteiger partial charge in [-0.1, -0.05) is 312 Å². The molecule has 0 amide bonds. The van der Waals surface area contributed by atoms with E-state index in [1.165, 1.54) is 161 Å². The molecule has 0 fully saturated rings. The third kappa shape index (κ3) is 65.4. The Morgan fingerprint density at radius 3 is 0.772 bits per heavy atom. The van der Waals surface area contributed by atoms with Crippen LogP contribution in [0.1, 0.15) is 364 Å². The van der Waals surface area contributed by atoms with Crippen molar-refractivity contribution in [3.05, 3.63) is 0 Å². The number of phosphoric ester groups is 2. The fourth-order valence-corrected chi connectivity index (χ4v) is 12.6. The molecule has 546 valence electrons. The molecule has 4 unspecified atom stereocenters. The maximum Gasteiger partial charge on any atom is 0.472 e. The van der Waals surface area contributed by atoms with Crippen molar-refractivity contribution in [1.29, 1.82) is 0 Å². The van der Waals surface area contributed by atoms with Crippen LogP contribution in [-0.4, -0.2) is 96.7 Å². The van der Waals surface area contributed by atoms with Crippen LogP contribution in [-0.2, 0) is 65.4 Å². The van der Waals surface area contributed by atoms with Crippen LogP contribution >= 0.6 is 15.6 Å². The van der Waals surface area contributed by atoms with Gasteiger partial charge in [0.2, 0.25) is 0 Å². The first-order valence-corrected chi connectivity index (χ1v) is 40.7. The first-order valence-electron chi connectivity index (χ1n) is 37.7. The summed E-state index contributed by atoms with van der Waals surface area (Å²) in [5, 5.41) is 10.6. The summed E-state index contributed by atoms with van der Waals surface area (Å²) in [6.45, 7) is 14.1. The average molecular weight is 1350 g/mol. The van der Waals surface area contributed by atoms with E-state index in [1.54, 1.807) is 0 Å². The molecule has 0 aliphatic rings. The second-order valence-corrected chi connectivity index (χ2v) is 30.9. The lowest BCUT2D eigenvalue weighted by molar-refractivity contribution is -0.161. The van der Waals surface area contributed by atoms with E-state index in [4.69, 9.17) is 37.0 Å². The molecule has 92 heavy (non-hydrogen) atoms. The molecular formula is C73H142O17P2. The predicted octanol–water partition coefficient (Wildman–Crippen LogP) is 20.9. The summed E-state index contributed by atoms with van der Waals surface area (Å²) >= 11 is 0. The summed E-state index contributed by atoms with van der Waals surface area (Å²) in [5.74, 6) is 0.882. The Morgan fingerprint density at radius 1 is 0.304 bits per heavy atom. The van der Waals surface area contributed by atoms with Gasteiger partial charge in [0.15, 0.2) is 12.2 Å². The Hall–Kier alpha value is -1.94. The molecule has 19 heteroatoms. The number of aliphatic hydroxyl groups is 1. The molecule has 0 bridgehead atoms. The SMILES string of the molecule is CCC(C)CCCCCCCCCCC(=O)O[C@H](COC(=O)CCCCCCCCCC(C)C)COP(=O)(O)OCC(O)COP(=O)(O)OC[C@@H](COC(=O)CCCCCCCCCCC(C)C)OC(=O)CCCCCCCCCCCCCCCCCCC(C)C. The molecule has 6 atom stereocenters. The fourth-order valence-electron chi connectivity index (χ4n) is 11.0. The van der Waals surface area contributed by atoms with E-state index in [1.807, 2.05) is 0 Å². The Kier molecular flexibility index (Phi) is 61.3. The number of aliphatic hydroxyl groups excluding tert-OH is 1. The number of carbonyl (C=O) groups is 4. The van der Waals surface area contributed by atoms with Crippen molar-refractivity contribution < 1.29 is 80.2 Å². The second-order valence-electron chi connectivity index (χ2n) is 28.0. The smallest absolute Gasteiger partial charge is 0.462 e. The minimum absolute atomic E-state index is 0.104. The van der Waals surface area contributed by atoms with Gasteiger partial charge in [-0.2, -0.15) is 0 Å². The first kappa shape index (κ1) is 90.1. The number of rotatable bonds is 70. The lowest BCUT2D eigenvalue weighted by Gasteiger charge is -2.21. The van der Waals surface area contributed by atoms with Crippen molar-refractivity contribution in [3.8, 4) is 0 Å². The highest BCUT2D eigenvalue weighted by Gasteiger charge is 2.30. The second kappa shape index (κ2) is 62.6. The summed E-state index contributed by atoms with van der Waals surface area (Å²) in [6, 6.07) is 0. The molecule has 0 aromatic heterocycles. The molecule has 3 N–H and O–H groups in total. The van der Waals surface area contributed by atoms with Gasteiger partial charge in [-0.05, 0) is 49.4 Å². The van der Waals surface area contributed by atoms with Gasteiger partial charge in [-0.3, -0.25) is 37.3 Å². The van der Waals surface area contributed by atoms with Crippen LogP contribution < -0.4 is 0 Å². The van der Waals surface area contributed by atoms with Gasteiger partial charge < -0.3 is 33.8 Å². The number of ether oxygens (including phenoxy) is 4. The lowest BCUT2D eigenvalue weighted by Crippen LogP contribution is -2.30. The van der Waals surface area contributed by atoms with Crippen molar-refractivity contribution in [3.63, 3.8) is 0 Å². The van der Waals surface area contributed by atoms with Gasteiger partial charge in [-0.25, -0.2) is 9.13 Å². The maximum atomic E-state index is 13.0. The zero-order valence-corrected chi connectivity index (χ0v) is 62.0. The van der Waals surface area contributed by atoms with Gasteiger partial charge in [0.05, 0.1) is 26.4 Å². The number of esters is 4. The van der Waals surface area contributed by atoms with Gasteiger partial charge in [0, 0.05) is 25.7 Å². The molecule has 17 nitrogen and oxygen atoms in total. The van der Waals surface area contributed by atoms with E-state index in [9.17, 15) is 43.2 Å². The zero-order chi connectivity index (χ0) is 68.2. The first-order chi connectivity index (χ1) is 44.1. The lowest BCUT2D eigenvalue weighted by atomic mass is 9.99. The third-order valence-electron chi connectivity index (χ3n) is 17.2. The summed E-state index contributed by atoms with van der Waals surface area (Å²) in [6.07, 6.45) is 45.9. The van der Waals surface area contributed by atoms with E-state index in [2.05, 4.69) is 55.4 Å². The summed E-state index contributed by atoms with van der Waals surface area (Å²) < 4.78 is 68.4. The Balaban J connectivity index is 5.22. The normalized spacial score (nSPS) is 14.5. The van der Waals surface area contributed by atoms with E-state index < -0.39 is 97.5 Å². The van der Waals surface area contributed by atoms with Crippen molar-refractivity contribution in [1.82, 2.24) is 0 Å². The number of phosphoric acid groups is 2. The molecule has 0 heterocycles. The molecule has 0 saturated heterocycles. The minimum Gasteiger partial charge on any atom is -0.462 e. The van der Waals surface area contributed by atoms with Crippen LogP contribution in [0.5, 0.6) is 0 Å².